The second kappa shape index (κ2) is 6.58. The molecule has 0 unspecified atom stereocenters. The van der Waals surface area contributed by atoms with Gasteiger partial charge in [-0.1, -0.05) is 6.92 Å². The minimum absolute atomic E-state index is 0.554. The van der Waals surface area contributed by atoms with Gasteiger partial charge in [0.05, 0.1) is 0 Å². The van der Waals surface area contributed by atoms with E-state index in [0.29, 0.717) is 11.9 Å². The van der Waals surface area contributed by atoms with Crippen LogP contribution >= 0.6 is 11.6 Å². The molecule has 2 heterocycles. The van der Waals surface area contributed by atoms with E-state index < -0.39 is 0 Å². The van der Waals surface area contributed by atoms with E-state index in [2.05, 4.69) is 40.9 Å². The second-order valence-corrected chi connectivity index (χ2v) is 5.65. The fourth-order valence-corrected chi connectivity index (χ4v) is 2.94. The zero-order chi connectivity index (χ0) is 13.8. The number of aryl methyl sites for hydroxylation is 1. The predicted molar refractivity (Wildman–Crippen MR) is 82.1 cm³/mol. The van der Waals surface area contributed by atoms with Crippen LogP contribution in [0.5, 0.6) is 0 Å². The molecule has 0 amide bonds. The maximum absolute atomic E-state index is 5.95. The number of pyridine rings is 1. The van der Waals surface area contributed by atoms with Crippen molar-refractivity contribution in [2.24, 2.45) is 0 Å². The van der Waals surface area contributed by atoms with Crippen LogP contribution in [0, 0.1) is 6.92 Å². The molecule has 0 radical (unpaired) electrons. The molecule has 0 spiro atoms. The minimum atomic E-state index is 0.554. The summed E-state index contributed by atoms with van der Waals surface area (Å²) in [6.07, 6.45) is 2.44. The summed E-state index contributed by atoms with van der Waals surface area (Å²) in [5.74, 6) is 1.61. The summed E-state index contributed by atoms with van der Waals surface area (Å²) in [5, 5.41) is 0. The van der Waals surface area contributed by atoms with E-state index in [1.807, 2.05) is 6.92 Å². The largest absolute Gasteiger partial charge is 0.357 e. The van der Waals surface area contributed by atoms with Crippen LogP contribution in [0.1, 0.15) is 31.0 Å². The number of aromatic nitrogens is 1. The van der Waals surface area contributed by atoms with Gasteiger partial charge in [0.2, 0.25) is 0 Å². The number of hydrogen-bond acceptors (Lipinski definition) is 3. The number of anilines is 1. The molecule has 3 nitrogen and oxygen atoms in total. The van der Waals surface area contributed by atoms with Gasteiger partial charge in [-0.25, -0.2) is 4.98 Å². The summed E-state index contributed by atoms with van der Waals surface area (Å²) in [5.41, 5.74) is 2.20. The van der Waals surface area contributed by atoms with Crippen molar-refractivity contribution in [3.63, 3.8) is 0 Å². The van der Waals surface area contributed by atoms with Gasteiger partial charge >= 0.3 is 0 Å². The van der Waals surface area contributed by atoms with E-state index in [-0.39, 0.29) is 0 Å². The maximum Gasteiger partial charge on any atom is 0.129 e. The van der Waals surface area contributed by atoms with Crippen LogP contribution in [0.2, 0.25) is 0 Å². The highest BCUT2D eigenvalue weighted by molar-refractivity contribution is 6.17. The van der Waals surface area contributed by atoms with Crippen LogP contribution in [0.4, 0.5) is 5.82 Å². The van der Waals surface area contributed by atoms with E-state index in [1.54, 1.807) is 0 Å². The fraction of sp³-hybridized carbons (Fsp3) is 0.667. The van der Waals surface area contributed by atoms with Gasteiger partial charge in [0.25, 0.3) is 0 Å². The van der Waals surface area contributed by atoms with Crippen LogP contribution in [-0.4, -0.2) is 42.6 Å². The van der Waals surface area contributed by atoms with Gasteiger partial charge in [0.15, 0.2) is 0 Å². The lowest BCUT2D eigenvalue weighted by molar-refractivity contribution is 0.220. The Morgan fingerprint density at radius 1 is 1.37 bits per heavy atom. The standard InChI is InChI=1S/C15H24ClN3/c1-4-19-7-5-14(6-8-19)18(3)15-10-13(11-16)9-12(2)17-15/h9-10,14H,4-8,11H2,1-3H3. The van der Waals surface area contributed by atoms with E-state index in [0.717, 1.165) is 23.6 Å². The zero-order valence-electron chi connectivity index (χ0n) is 12.2. The van der Waals surface area contributed by atoms with Gasteiger partial charge in [-0.15, -0.1) is 11.6 Å². The van der Waals surface area contributed by atoms with Gasteiger partial charge in [0, 0.05) is 37.8 Å². The number of halogens is 1. The van der Waals surface area contributed by atoms with Gasteiger partial charge < -0.3 is 9.80 Å². The first kappa shape index (κ1) is 14.6. The van der Waals surface area contributed by atoms with E-state index >= 15 is 0 Å². The molecule has 19 heavy (non-hydrogen) atoms. The lowest BCUT2D eigenvalue weighted by atomic mass is 10.0. The third kappa shape index (κ3) is 3.61. The highest BCUT2D eigenvalue weighted by Gasteiger charge is 2.22. The Labute approximate surface area is 121 Å². The Balaban J connectivity index is 2.07. The number of likely N-dealkylation sites (tertiary alicyclic amines) is 1. The molecule has 1 fully saturated rings. The van der Waals surface area contributed by atoms with Crippen molar-refractivity contribution in [3.05, 3.63) is 23.4 Å². The van der Waals surface area contributed by atoms with Crippen LogP contribution in [0.15, 0.2) is 12.1 Å². The van der Waals surface area contributed by atoms with Crippen molar-refractivity contribution in [1.82, 2.24) is 9.88 Å². The first-order chi connectivity index (χ1) is 9.13. The topological polar surface area (TPSA) is 19.4 Å². The van der Waals surface area contributed by atoms with Gasteiger partial charge in [0.1, 0.15) is 5.82 Å². The highest BCUT2D eigenvalue weighted by atomic mass is 35.5. The van der Waals surface area contributed by atoms with Crippen molar-refractivity contribution in [2.75, 3.05) is 31.6 Å². The molecule has 2 rings (SSSR count). The maximum atomic E-state index is 5.95. The number of alkyl halides is 1. The predicted octanol–water partition coefficient (Wildman–Crippen LogP) is 3.05. The first-order valence-corrected chi connectivity index (χ1v) is 7.66. The Morgan fingerprint density at radius 3 is 2.63 bits per heavy atom. The smallest absolute Gasteiger partial charge is 0.129 e. The number of rotatable bonds is 4. The molecule has 1 aliphatic rings. The summed E-state index contributed by atoms with van der Waals surface area (Å²) in [6, 6.07) is 4.77. The molecule has 1 saturated heterocycles. The van der Waals surface area contributed by atoms with Gasteiger partial charge in [-0.2, -0.15) is 0 Å². The van der Waals surface area contributed by atoms with Crippen LogP contribution < -0.4 is 4.90 Å². The summed E-state index contributed by atoms with van der Waals surface area (Å²) < 4.78 is 0. The zero-order valence-corrected chi connectivity index (χ0v) is 13.0. The summed E-state index contributed by atoms with van der Waals surface area (Å²) >= 11 is 5.95. The summed E-state index contributed by atoms with van der Waals surface area (Å²) in [4.78, 5) is 9.49. The van der Waals surface area contributed by atoms with Crippen LogP contribution in [-0.2, 0) is 5.88 Å². The highest BCUT2D eigenvalue weighted by Crippen LogP contribution is 2.22. The van der Waals surface area contributed by atoms with Crippen molar-refractivity contribution >= 4 is 17.4 Å². The fourth-order valence-electron chi connectivity index (χ4n) is 2.79. The van der Waals surface area contributed by atoms with Gasteiger partial charge in [-0.3, -0.25) is 0 Å². The van der Waals surface area contributed by atoms with Crippen molar-refractivity contribution < 1.29 is 0 Å². The van der Waals surface area contributed by atoms with Crippen molar-refractivity contribution in [1.29, 1.82) is 0 Å². The van der Waals surface area contributed by atoms with E-state index in [9.17, 15) is 0 Å². The molecule has 106 valence electrons. The second-order valence-electron chi connectivity index (χ2n) is 5.38. The lowest BCUT2D eigenvalue weighted by Crippen LogP contribution is -2.43. The van der Waals surface area contributed by atoms with E-state index in [4.69, 9.17) is 11.6 Å². The lowest BCUT2D eigenvalue weighted by Gasteiger charge is -2.37. The number of hydrogen-bond donors (Lipinski definition) is 0. The Hall–Kier alpha value is -0.800. The normalized spacial score (nSPS) is 17.7. The Bertz CT molecular complexity index is 414. The van der Waals surface area contributed by atoms with Crippen molar-refractivity contribution in [2.45, 2.75) is 38.6 Å². The monoisotopic (exact) mass is 281 g/mol. The summed E-state index contributed by atoms with van der Waals surface area (Å²) in [7, 11) is 2.16. The molecule has 0 aromatic carbocycles. The molecule has 1 aliphatic heterocycles. The number of piperidine rings is 1. The summed E-state index contributed by atoms with van der Waals surface area (Å²) in [6.45, 7) is 7.82. The molecule has 1 aromatic heterocycles. The van der Waals surface area contributed by atoms with Crippen LogP contribution in [0.3, 0.4) is 0 Å². The number of nitrogens with zero attached hydrogens (tertiary/aromatic N) is 3. The van der Waals surface area contributed by atoms with Crippen molar-refractivity contribution in [3.8, 4) is 0 Å². The first-order valence-electron chi connectivity index (χ1n) is 7.12. The molecule has 0 atom stereocenters. The minimum Gasteiger partial charge on any atom is -0.357 e. The third-order valence-electron chi connectivity index (χ3n) is 4.07. The molecule has 0 bridgehead atoms. The Morgan fingerprint density at radius 2 is 2.05 bits per heavy atom. The molecule has 0 aliphatic carbocycles. The van der Waals surface area contributed by atoms with Gasteiger partial charge in [-0.05, 0) is 44.0 Å². The molecule has 0 saturated carbocycles. The molecule has 4 heteroatoms. The van der Waals surface area contributed by atoms with Crippen LogP contribution in [0.25, 0.3) is 0 Å². The Kier molecular flexibility index (Phi) is 5.06. The average Bonchev–Trinajstić information content (AvgIpc) is 2.46. The molecule has 0 N–H and O–H groups in total. The molecular weight excluding hydrogens is 258 g/mol. The molecular formula is C15H24ClN3. The third-order valence-corrected chi connectivity index (χ3v) is 4.38. The van der Waals surface area contributed by atoms with E-state index in [1.165, 1.54) is 25.9 Å². The SMILES string of the molecule is CCN1CCC(N(C)c2cc(CCl)cc(C)n2)CC1. The quantitative estimate of drug-likeness (QED) is 0.791. The molecule has 1 aromatic rings. The average molecular weight is 282 g/mol.